The largest absolute Gasteiger partial charge is 0.421 e. The summed E-state index contributed by atoms with van der Waals surface area (Å²) in [7, 11) is 0. The van der Waals surface area contributed by atoms with Gasteiger partial charge in [-0.15, -0.1) is 0 Å². The lowest BCUT2D eigenvalue weighted by Gasteiger charge is -2.13. The molecule has 2 heterocycles. The number of halogens is 3. The standard InChI is InChI=1S/C16H18F3N7/c1-4-21-13-10(16(17,18)19)6-22-14(24-13)23-11-7-26(25-9(11)2)12-5-15(12,3)8-20/h6-7,12H,4-5H2,1-3H3,(H2,21,22,23,24)/t12?,15-/m1/s1. The topological polar surface area (TPSA) is 91.5 Å². The normalized spacial score (nSPS) is 22.0. The van der Waals surface area contributed by atoms with Gasteiger partial charge in [0, 0.05) is 18.9 Å². The predicted molar refractivity (Wildman–Crippen MR) is 88.8 cm³/mol. The van der Waals surface area contributed by atoms with Gasteiger partial charge in [-0.3, -0.25) is 4.68 Å². The van der Waals surface area contributed by atoms with E-state index in [1.165, 1.54) is 0 Å². The minimum atomic E-state index is -4.54. The summed E-state index contributed by atoms with van der Waals surface area (Å²) >= 11 is 0. The molecule has 1 fully saturated rings. The molecule has 0 spiro atoms. The number of nitriles is 1. The Balaban J connectivity index is 1.85. The third kappa shape index (κ3) is 3.29. The van der Waals surface area contributed by atoms with Crippen LogP contribution in [-0.4, -0.2) is 26.3 Å². The molecule has 1 aliphatic rings. The smallest absolute Gasteiger partial charge is 0.370 e. The molecular formula is C16H18F3N7. The van der Waals surface area contributed by atoms with Crippen molar-refractivity contribution in [3.8, 4) is 6.07 Å². The Hall–Kier alpha value is -2.83. The first-order chi connectivity index (χ1) is 12.2. The molecule has 1 aliphatic carbocycles. The molecule has 0 radical (unpaired) electrons. The summed E-state index contributed by atoms with van der Waals surface area (Å²) in [5.74, 6) is -0.239. The number of hydrogen-bond acceptors (Lipinski definition) is 6. The number of rotatable bonds is 5. The zero-order valence-electron chi connectivity index (χ0n) is 14.5. The molecule has 2 aromatic rings. The highest BCUT2D eigenvalue weighted by atomic mass is 19.4. The number of aryl methyl sites for hydroxylation is 1. The molecule has 2 aromatic heterocycles. The molecule has 0 amide bonds. The lowest BCUT2D eigenvalue weighted by molar-refractivity contribution is -0.137. The number of aromatic nitrogens is 4. The number of alkyl halides is 3. The Labute approximate surface area is 148 Å². The minimum absolute atomic E-state index is 0.00686. The van der Waals surface area contributed by atoms with Crippen LogP contribution in [0.4, 0.5) is 30.6 Å². The molecule has 0 saturated heterocycles. The molecule has 0 aliphatic heterocycles. The van der Waals surface area contributed by atoms with Crippen LogP contribution in [0.5, 0.6) is 0 Å². The van der Waals surface area contributed by atoms with Crippen molar-refractivity contribution < 1.29 is 13.2 Å². The van der Waals surface area contributed by atoms with Crippen LogP contribution in [0.3, 0.4) is 0 Å². The van der Waals surface area contributed by atoms with E-state index in [0.717, 1.165) is 6.20 Å². The van der Waals surface area contributed by atoms with Gasteiger partial charge in [0.1, 0.15) is 11.4 Å². The average molecular weight is 365 g/mol. The Morgan fingerprint density at radius 2 is 2.19 bits per heavy atom. The van der Waals surface area contributed by atoms with Gasteiger partial charge in [-0.1, -0.05) is 0 Å². The van der Waals surface area contributed by atoms with E-state index in [9.17, 15) is 13.2 Å². The Bertz CT molecular complexity index is 868. The lowest BCUT2D eigenvalue weighted by atomic mass is 10.2. The molecule has 26 heavy (non-hydrogen) atoms. The van der Waals surface area contributed by atoms with Crippen molar-refractivity contribution in [2.75, 3.05) is 17.2 Å². The van der Waals surface area contributed by atoms with Crippen LogP contribution in [0.2, 0.25) is 0 Å². The molecule has 1 saturated carbocycles. The molecule has 138 valence electrons. The summed E-state index contributed by atoms with van der Waals surface area (Å²) in [5, 5.41) is 19.0. The number of hydrogen-bond donors (Lipinski definition) is 2. The maximum Gasteiger partial charge on any atom is 0.421 e. The van der Waals surface area contributed by atoms with Gasteiger partial charge in [-0.25, -0.2) is 4.98 Å². The van der Waals surface area contributed by atoms with Gasteiger partial charge in [-0.2, -0.15) is 28.5 Å². The van der Waals surface area contributed by atoms with Crippen LogP contribution in [0.15, 0.2) is 12.4 Å². The van der Waals surface area contributed by atoms with E-state index in [4.69, 9.17) is 5.26 Å². The fraction of sp³-hybridized carbons (Fsp3) is 0.500. The first-order valence-electron chi connectivity index (χ1n) is 8.10. The second-order valence-corrected chi connectivity index (χ2v) is 6.47. The first kappa shape index (κ1) is 18.0. The molecule has 7 nitrogen and oxygen atoms in total. The van der Waals surface area contributed by atoms with Gasteiger partial charge in [0.05, 0.1) is 28.9 Å². The van der Waals surface area contributed by atoms with E-state index in [2.05, 4.69) is 31.8 Å². The summed E-state index contributed by atoms with van der Waals surface area (Å²) in [5.41, 5.74) is -0.121. The highest BCUT2D eigenvalue weighted by Gasteiger charge is 2.53. The van der Waals surface area contributed by atoms with E-state index in [1.807, 2.05) is 6.92 Å². The van der Waals surface area contributed by atoms with Gasteiger partial charge in [0.2, 0.25) is 5.95 Å². The summed E-state index contributed by atoms with van der Waals surface area (Å²) in [4.78, 5) is 7.70. The van der Waals surface area contributed by atoms with Crippen LogP contribution in [-0.2, 0) is 6.18 Å². The van der Waals surface area contributed by atoms with Crippen molar-refractivity contribution in [3.05, 3.63) is 23.7 Å². The molecule has 0 bridgehead atoms. The van der Waals surface area contributed by atoms with Crippen LogP contribution in [0, 0.1) is 23.7 Å². The maximum absolute atomic E-state index is 13.0. The van der Waals surface area contributed by atoms with Crippen molar-refractivity contribution in [2.45, 2.75) is 39.4 Å². The van der Waals surface area contributed by atoms with Crippen molar-refractivity contribution >= 4 is 17.5 Å². The van der Waals surface area contributed by atoms with Crippen LogP contribution in [0.1, 0.15) is 37.6 Å². The van der Waals surface area contributed by atoms with Crippen molar-refractivity contribution in [1.29, 1.82) is 5.26 Å². The van der Waals surface area contributed by atoms with E-state index in [-0.39, 0.29) is 17.8 Å². The molecule has 10 heteroatoms. The second kappa shape index (κ2) is 6.16. The summed E-state index contributed by atoms with van der Waals surface area (Å²) in [6.45, 7) is 5.61. The number of nitrogens with zero attached hydrogens (tertiary/aromatic N) is 5. The van der Waals surface area contributed by atoms with E-state index in [1.54, 1.807) is 24.7 Å². The molecule has 0 aromatic carbocycles. The maximum atomic E-state index is 13.0. The van der Waals surface area contributed by atoms with Crippen molar-refractivity contribution in [1.82, 2.24) is 19.7 Å². The average Bonchev–Trinajstić information content (AvgIpc) is 3.12. The molecule has 2 atom stereocenters. The summed E-state index contributed by atoms with van der Waals surface area (Å²) in [6.07, 6.45) is -1.35. The Morgan fingerprint density at radius 1 is 1.46 bits per heavy atom. The Morgan fingerprint density at radius 3 is 2.77 bits per heavy atom. The monoisotopic (exact) mass is 365 g/mol. The van der Waals surface area contributed by atoms with E-state index in [0.29, 0.717) is 24.3 Å². The van der Waals surface area contributed by atoms with Crippen LogP contribution < -0.4 is 10.6 Å². The zero-order chi connectivity index (χ0) is 19.1. The predicted octanol–water partition coefficient (Wildman–Crippen LogP) is 3.65. The van der Waals surface area contributed by atoms with Crippen LogP contribution >= 0.6 is 0 Å². The van der Waals surface area contributed by atoms with Gasteiger partial charge < -0.3 is 10.6 Å². The highest BCUT2D eigenvalue weighted by molar-refractivity contribution is 5.58. The fourth-order valence-electron chi connectivity index (χ4n) is 2.68. The van der Waals surface area contributed by atoms with Gasteiger partial charge in [-0.05, 0) is 27.2 Å². The Kier molecular flexibility index (Phi) is 4.26. The quantitative estimate of drug-likeness (QED) is 0.840. The van der Waals surface area contributed by atoms with E-state index < -0.39 is 17.2 Å². The fourth-order valence-corrected chi connectivity index (χ4v) is 2.68. The molecule has 2 N–H and O–H groups in total. The zero-order valence-corrected chi connectivity index (χ0v) is 14.5. The summed E-state index contributed by atoms with van der Waals surface area (Å²) < 4.78 is 40.8. The van der Waals surface area contributed by atoms with Gasteiger partial charge in [0.15, 0.2) is 0 Å². The minimum Gasteiger partial charge on any atom is -0.370 e. The first-order valence-corrected chi connectivity index (χ1v) is 8.10. The SMILES string of the molecule is CCNc1nc(Nc2cn(C3C[C@]3(C)C#N)nc2C)ncc1C(F)(F)F. The van der Waals surface area contributed by atoms with Crippen LogP contribution in [0.25, 0.3) is 0 Å². The highest BCUT2D eigenvalue weighted by Crippen LogP contribution is 2.55. The number of anilines is 3. The van der Waals surface area contributed by atoms with Gasteiger partial charge >= 0.3 is 6.18 Å². The third-order valence-electron chi connectivity index (χ3n) is 4.37. The molecular weight excluding hydrogens is 347 g/mol. The second-order valence-electron chi connectivity index (χ2n) is 6.47. The summed E-state index contributed by atoms with van der Waals surface area (Å²) in [6, 6.07) is 2.26. The number of nitrogens with one attached hydrogen (secondary N) is 2. The lowest BCUT2D eigenvalue weighted by Crippen LogP contribution is -2.14. The van der Waals surface area contributed by atoms with Crippen molar-refractivity contribution in [3.63, 3.8) is 0 Å². The van der Waals surface area contributed by atoms with Crippen molar-refractivity contribution in [2.24, 2.45) is 5.41 Å². The van der Waals surface area contributed by atoms with Gasteiger partial charge in [0.25, 0.3) is 0 Å². The van der Waals surface area contributed by atoms with E-state index >= 15 is 0 Å². The molecule has 3 rings (SSSR count). The molecule has 1 unspecified atom stereocenters. The third-order valence-corrected chi connectivity index (χ3v) is 4.37.